The van der Waals surface area contributed by atoms with Gasteiger partial charge in [0.25, 0.3) is 0 Å². The molecule has 2 aromatic carbocycles. The maximum absolute atomic E-state index is 12.7. The Morgan fingerprint density at radius 2 is 1.68 bits per heavy atom. The van der Waals surface area contributed by atoms with Gasteiger partial charge in [-0.2, -0.15) is 0 Å². The zero-order valence-electron chi connectivity index (χ0n) is 15.4. The minimum atomic E-state index is -3.52. The second kappa shape index (κ2) is 8.50. The summed E-state index contributed by atoms with van der Waals surface area (Å²) in [6, 6.07) is 12.0. The van der Waals surface area contributed by atoms with Crippen LogP contribution in [0.5, 0.6) is 5.75 Å². The lowest BCUT2D eigenvalue weighted by Gasteiger charge is -2.16. The van der Waals surface area contributed by atoms with Gasteiger partial charge < -0.3 is 4.74 Å². The Labute approximate surface area is 151 Å². The second-order valence-corrected chi connectivity index (χ2v) is 8.02. The summed E-state index contributed by atoms with van der Waals surface area (Å²) in [6.07, 6.45) is 2.72. The third kappa shape index (κ3) is 4.83. The third-order valence-corrected chi connectivity index (χ3v) is 6.24. The molecule has 25 heavy (non-hydrogen) atoms. The largest absolute Gasteiger partial charge is 0.496 e. The van der Waals surface area contributed by atoms with Crippen LogP contribution in [0.4, 0.5) is 0 Å². The molecule has 2 rings (SSSR count). The van der Waals surface area contributed by atoms with Crippen molar-refractivity contribution in [2.24, 2.45) is 0 Å². The highest BCUT2D eigenvalue weighted by atomic mass is 32.2. The van der Waals surface area contributed by atoms with E-state index in [-0.39, 0.29) is 0 Å². The van der Waals surface area contributed by atoms with E-state index in [1.54, 1.807) is 20.1 Å². The zero-order valence-corrected chi connectivity index (χ0v) is 16.2. The zero-order chi connectivity index (χ0) is 18.4. The summed E-state index contributed by atoms with van der Waals surface area (Å²) >= 11 is 0. The number of hydrogen-bond donors (Lipinski definition) is 1. The summed E-state index contributed by atoms with van der Waals surface area (Å²) in [5.41, 5.74) is 3.59. The molecule has 2 aromatic rings. The summed E-state index contributed by atoms with van der Waals surface area (Å²) in [7, 11) is -1.92. The van der Waals surface area contributed by atoms with E-state index in [4.69, 9.17) is 4.74 Å². The molecule has 1 N–H and O–H groups in total. The number of ether oxygens (including phenoxy) is 1. The van der Waals surface area contributed by atoms with Crippen LogP contribution in [0.15, 0.2) is 41.3 Å². The smallest absolute Gasteiger partial charge is 0.241 e. The minimum Gasteiger partial charge on any atom is -0.496 e. The highest BCUT2D eigenvalue weighted by Crippen LogP contribution is 2.30. The lowest BCUT2D eigenvalue weighted by Crippen LogP contribution is -2.26. The average molecular weight is 362 g/mol. The van der Waals surface area contributed by atoms with Crippen molar-refractivity contribution in [2.45, 2.75) is 44.9 Å². The molecule has 136 valence electrons. The molecule has 5 heteroatoms. The number of sulfonamides is 1. The summed E-state index contributed by atoms with van der Waals surface area (Å²) in [6.45, 7) is 5.96. The van der Waals surface area contributed by atoms with Crippen molar-refractivity contribution in [3.63, 3.8) is 0 Å². The molecule has 4 nitrogen and oxygen atoms in total. The number of aryl methyl sites for hydroxylation is 2. The maximum Gasteiger partial charge on any atom is 0.241 e. The average Bonchev–Trinajstić information content (AvgIpc) is 2.58. The molecule has 0 heterocycles. The summed E-state index contributed by atoms with van der Waals surface area (Å²) in [5.74, 6) is 0.719. The highest BCUT2D eigenvalue weighted by molar-refractivity contribution is 7.89. The van der Waals surface area contributed by atoms with Crippen LogP contribution >= 0.6 is 0 Å². The molecule has 0 bridgehead atoms. The number of benzene rings is 2. The van der Waals surface area contributed by atoms with Crippen LogP contribution in [0.2, 0.25) is 0 Å². The van der Waals surface area contributed by atoms with Gasteiger partial charge in [0.05, 0.1) is 12.0 Å². The molecule has 0 aliphatic rings. The lowest BCUT2D eigenvalue weighted by atomic mass is 10.1. The Morgan fingerprint density at radius 3 is 2.32 bits per heavy atom. The maximum atomic E-state index is 12.7. The Morgan fingerprint density at radius 1 is 1.00 bits per heavy atom. The predicted molar refractivity (Wildman–Crippen MR) is 102 cm³/mol. The number of methoxy groups -OCH3 is 1. The van der Waals surface area contributed by atoms with E-state index < -0.39 is 10.0 Å². The van der Waals surface area contributed by atoms with Crippen molar-refractivity contribution in [2.75, 3.05) is 13.7 Å². The van der Waals surface area contributed by atoms with Crippen molar-refractivity contribution < 1.29 is 13.2 Å². The fourth-order valence-electron chi connectivity index (χ4n) is 3.02. The van der Waals surface area contributed by atoms with Crippen molar-refractivity contribution in [1.29, 1.82) is 0 Å². The normalized spacial score (nSPS) is 11.5. The first kappa shape index (κ1) is 19.5. The summed E-state index contributed by atoms with van der Waals surface area (Å²) < 4.78 is 33.5. The van der Waals surface area contributed by atoms with Crippen LogP contribution < -0.4 is 9.46 Å². The van der Waals surface area contributed by atoms with Gasteiger partial charge in [-0.05, 0) is 68.4 Å². The van der Waals surface area contributed by atoms with Crippen LogP contribution in [-0.4, -0.2) is 22.1 Å². The molecule has 0 aliphatic carbocycles. The van der Waals surface area contributed by atoms with E-state index in [1.165, 1.54) is 5.56 Å². The van der Waals surface area contributed by atoms with Gasteiger partial charge in [0, 0.05) is 6.54 Å². The molecule has 0 unspecified atom stereocenters. The molecule has 0 saturated carbocycles. The molecular weight excluding hydrogens is 334 g/mol. The van der Waals surface area contributed by atoms with E-state index >= 15 is 0 Å². The van der Waals surface area contributed by atoms with Gasteiger partial charge in [0.15, 0.2) is 0 Å². The van der Waals surface area contributed by atoms with Crippen LogP contribution in [-0.2, 0) is 16.4 Å². The quantitative estimate of drug-likeness (QED) is 0.725. The molecule has 0 radical (unpaired) electrons. The molecule has 0 saturated heterocycles. The third-order valence-electron chi connectivity index (χ3n) is 4.49. The molecule has 0 amide bonds. The Hall–Kier alpha value is -1.85. The van der Waals surface area contributed by atoms with Crippen LogP contribution in [0.3, 0.4) is 0 Å². The van der Waals surface area contributed by atoms with Crippen molar-refractivity contribution >= 4 is 10.0 Å². The van der Waals surface area contributed by atoms with Gasteiger partial charge in [-0.1, -0.05) is 30.3 Å². The number of unbranched alkanes of at least 4 members (excludes halogenated alkanes) is 1. The number of rotatable bonds is 8. The van der Waals surface area contributed by atoms with Crippen molar-refractivity contribution in [1.82, 2.24) is 4.72 Å². The standard InChI is InChI=1S/C20H27NO3S/c1-15-14-19(24-4)16(2)17(3)20(15)25(22,23)21-13-9-8-12-18-10-6-5-7-11-18/h5-7,10-11,14,21H,8-9,12-13H2,1-4H3. The first-order chi connectivity index (χ1) is 11.9. The molecule has 0 aliphatic heterocycles. The Balaban J connectivity index is 1.99. The summed E-state index contributed by atoms with van der Waals surface area (Å²) in [5, 5.41) is 0. The van der Waals surface area contributed by atoms with E-state index in [2.05, 4.69) is 16.9 Å². The Kier molecular flexibility index (Phi) is 6.62. The minimum absolute atomic E-state index is 0.369. The molecule has 0 atom stereocenters. The highest BCUT2D eigenvalue weighted by Gasteiger charge is 2.22. The fraction of sp³-hybridized carbons (Fsp3) is 0.400. The van der Waals surface area contributed by atoms with E-state index in [0.717, 1.165) is 36.1 Å². The fourth-order valence-corrected chi connectivity index (χ4v) is 4.62. The van der Waals surface area contributed by atoms with E-state index in [1.807, 2.05) is 32.0 Å². The van der Waals surface area contributed by atoms with E-state index in [9.17, 15) is 8.42 Å². The Bertz CT molecular complexity index is 815. The monoisotopic (exact) mass is 361 g/mol. The molecule has 0 fully saturated rings. The SMILES string of the molecule is COc1cc(C)c(S(=O)(=O)NCCCCc2ccccc2)c(C)c1C. The van der Waals surface area contributed by atoms with Gasteiger partial charge in [-0.25, -0.2) is 13.1 Å². The predicted octanol–water partition coefficient (Wildman–Crippen LogP) is 3.92. The van der Waals surface area contributed by atoms with Gasteiger partial charge in [-0.3, -0.25) is 0 Å². The molecular formula is C20H27NO3S. The molecule has 0 aromatic heterocycles. The topological polar surface area (TPSA) is 55.4 Å². The summed E-state index contributed by atoms with van der Waals surface area (Å²) in [4.78, 5) is 0.369. The van der Waals surface area contributed by atoms with Gasteiger partial charge in [-0.15, -0.1) is 0 Å². The van der Waals surface area contributed by atoms with E-state index in [0.29, 0.717) is 17.0 Å². The van der Waals surface area contributed by atoms with Crippen LogP contribution in [0.25, 0.3) is 0 Å². The lowest BCUT2D eigenvalue weighted by molar-refractivity contribution is 0.410. The number of hydrogen-bond acceptors (Lipinski definition) is 3. The van der Waals surface area contributed by atoms with Gasteiger partial charge in [0.1, 0.15) is 5.75 Å². The first-order valence-corrected chi connectivity index (χ1v) is 10.0. The van der Waals surface area contributed by atoms with Gasteiger partial charge >= 0.3 is 0 Å². The van der Waals surface area contributed by atoms with Gasteiger partial charge in [0.2, 0.25) is 10.0 Å². The first-order valence-electron chi connectivity index (χ1n) is 8.55. The number of nitrogens with one attached hydrogen (secondary N) is 1. The van der Waals surface area contributed by atoms with Crippen LogP contribution in [0.1, 0.15) is 35.1 Å². The van der Waals surface area contributed by atoms with Crippen LogP contribution in [0, 0.1) is 20.8 Å². The molecule has 0 spiro atoms. The van der Waals surface area contributed by atoms with Crippen molar-refractivity contribution in [3.05, 3.63) is 58.7 Å². The second-order valence-electron chi connectivity index (χ2n) is 6.32. The van der Waals surface area contributed by atoms with Crippen molar-refractivity contribution in [3.8, 4) is 5.75 Å².